The topological polar surface area (TPSA) is 61.6 Å². The minimum atomic E-state index is -0.453. The van der Waals surface area contributed by atoms with E-state index in [4.69, 9.17) is 17.3 Å². The molecule has 3 heterocycles. The maximum atomic E-state index is 15.1. The van der Waals surface area contributed by atoms with E-state index in [0.717, 1.165) is 43.7 Å². The molecule has 1 amide bonds. The molecule has 0 aliphatic carbocycles. The Balaban J connectivity index is 1.69. The number of hydrogen-bond donors (Lipinski definition) is 2. The van der Waals surface area contributed by atoms with Crippen molar-refractivity contribution >= 4 is 28.9 Å². The summed E-state index contributed by atoms with van der Waals surface area (Å²) in [4.78, 5) is 16.5. The highest BCUT2D eigenvalue weighted by molar-refractivity contribution is 6.34. The smallest absolute Gasteiger partial charge is 0.240 e. The monoisotopic (exact) mass is 428 g/mol. The molecule has 158 valence electrons. The van der Waals surface area contributed by atoms with Crippen LogP contribution >= 0.6 is 11.6 Å². The number of carbonyl (C=O) groups is 1. The number of benzene rings is 2. The van der Waals surface area contributed by atoms with Crippen molar-refractivity contribution < 1.29 is 9.18 Å². The Hall–Kier alpha value is -2.31. The van der Waals surface area contributed by atoms with Gasteiger partial charge in [-0.3, -0.25) is 4.79 Å². The molecule has 0 bridgehead atoms. The van der Waals surface area contributed by atoms with E-state index in [1.54, 1.807) is 6.07 Å². The van der Waals surface area contributed by atoms with Gasteiger partial charge in [0.25, 0.3) is 0 Å². The number of halogens is 2. The minimum absolute atomic E-state index is 0.0953. The Labute approximate surface area is 181 Å². The van der Waals surface area contributed by atoms with Gasteiger partial charge in [0.15, 0.2) is 0 Å². The third kappa shape index (κ3) is 2.88. The van der Waals surface area contributed by atoms with Gasteiger partial charge in [0.2, 0.25) is 5.91 Å². The van der Waals surface area contributed by atoms with Gasteiger partial charge in [-0.1, -0.05) is 41.9 Å². The molecule has 0 radical (unpaired) electrons. The first-order valence-corrected chi connectivity index (χ1v) is 11.0. The summed E-state index contributed by atoms with van der Waals surface area (Å²) in [5, 5.41) is 3.62. The molecule has 3 aliphatic heterocycles. The molecule has 2 saturated heterocycles. The number of primary amides is 1. The Morgan fingerprint density at radius 1 is 1.23 bits per heavy atom. The molecule has 2 fully saturated rings. The lowest BCUT2D eigenvalue weighted by Crippen LogP contribution is -2.57. The number of carbonyl (C=O) groups excluding carboxylic acids is 1. The molecule has 30 heavy (non-hydrogen) atoms. The molecule has 5 rings (SSSR count). The van der Waals surface area contributed by atoms with Gasteiger partial charge >= 0.3 is 0 Å². The molecule has 2 atom stereocenters. The van der Waals surface area contributed by atoms with E-state index in [9.17, 15) is 4.79 Å². The Morgan fingerprint density at radius 2 is 2.03 bits per heavy atom. The number of piperidine rings is 1. The van der Waals surface area contributed by atoms with Crippen LogP contribution in [-0.2, 0) is 16.8 Å². The van der Waals surface area contributed by atoms with Gasteiger partial charge in [-0.25, -0.2) is 4.39 Å². The van der Waals surface area contributed by atoms with Crippen molar-refractivity contribution in [2.24, 2.45) is 5.73 Å². The Kier molecular flexibility index (Phi) is 4.86. The molecule has 0 aromatic heterocycles. The van der Waals surface area contributed by atoms with Crippen LogP contribution in [0.5, 0.6) is 0 Å². The SMILES string of the molecule is NC(=O)[C@@H]1CCCCN1c1c(Cl)c(F)cc2c1CC1(c3ccccc3)CNCCN21. The van der Waals surface area contributed by atoms with Crippen LogP contribution in [0, 0.1) is 5.82 Å². The number of rotatable bonds is 3. The number of nitrogens with one attached hydrogen (secondary N) is 1. The summed E-state index contributed by atoms with van der Waals surface area (Å²) in [6, 6.07) is 11.5. The molecule has 3 N–H and O–H groups in total. The second kappa shape index (κ2) is 7.43. The highest BCUT2D eigenvalue weighted by Crippen LogP contribution is 2.52. The van der Waals surface area contributed by atoms with Crippen molar-refractivity contribution in [1.29, 1.82) is 0 Å². The predicted octanol–water partition coefficient (Wildman–Crippen LogP) is 3.18. The number of hydrogen-bond acceptors (Lipinski definition) is 4. The zero-order valence-electron chi connectivity index (χ0n) is 16.8. The van der Waals surface area contributed by atoms with E-state index in [2.05, 4.69) is 22.3 Å². The fourth-order valence-corrected chi connectivity index (χ4v) is 5.83. The van der Waals surface area contributed by atoms with Crippen molar-refractivity contribution in [2.75, 3.05) is 36.0 Å². The first-order chi connectivity index (χ1) is 14.5. The average Bonchev–Trinajstić information content (AvgIpc) is 3.10. The van der Waals surface area contributed by atoms with Gasteiger partial charge in [-0.15, -0.1) is 0 Å². The largest absolute Gasteiger partial charge is 0.368 e. The van der Waals surface area contributed by atoms with Crippen molar-refractivity contribution in [3.05, 3.63) is 58.4 Å². The van der Waals surface area contributed by atoms with Crippen LogP contribution in [0.25, 0.3) is 0 Å². The number of piperazine rings is 1. The highest BCUT2D eigenvalue weighted by Gasteiger charge is 2.49. The average molecular weight is 429 g/mol. The summed E-state index contributed by atoms with van der Waals surface area (Å²) >= 11 is 6.57. The fourth-order valence-electron chi connectivity index (χ4n) is 5.55. The van der Waals surface area contributed by atoms with Gasteiger partial charge in [-0.2, -0.15) is 0 Å². The van der Waals surface area contributed by atoms with Gasteiger partial charge in [-0.05, 0) is 30.9 Å². The molecule has 5 nitrogen and oxygen atoms in total. The zero-order chi connectivity index (χ0) is 20.9. The third-order valence-electron chi connectivity index (χ3n) is 6.91. The van der Waals surface area contributed by atoms with Crippen molar-refractivity contribution in [3.8, 4) is 0 Å². The Bertz CT molecular complexity index is 985. The minimum Gasteiger partial charge on any atom is -0.368 e. The standard InChI is InChI=1S/C23H26ClFN4O/c24-20-17(25)12-19-16(21(20)28-10-5-4-8-18(28)22(26)30)13-23(14-27-9-11-29(19)23)15-6-2-1-3-7-15/h1-3,6-7,12,18,27H,4-5,8-11,13-14H2,(H2,26,30)/t18-,23?/m0/s1. The number of nitrogens with zero attached hydrogens (tertiary/aromatic N) is 2. The maximum absolute atomic E-state index is 15.1. The van der Waals surface area contributed by atoms with Crippen LogP contribution in [0.4, 0.5) is 15.8 Å². The second-order valence-electron chi connectivity index (χ2n) is 8.53. The number of fused-ring (bicyclic) bond motifs is 3. The van der Waals surface area contributed by atoms with E-state index in [0.29, 0.717) is 25.1 Å². The summed E-state index contributed by atoms with van der Waals surface area (Å²) < 4.78 is 15.1. The van der Waals surface area contributed by atoms with Crippen molar-refractivity contribution in [2.45, 2.75) is 37.3 Å². The number of nitrogens with two attached hydrogens (primary N) is 1. The zero-order valence-corrected chi connectivity index (χ0v) is 17.6. The summed E-state index contributed by atoms with van der Waals surface area (Å²) in [5.41, 5.74) is 9.17. The van der Waals surface area contributed by atoms with E-state index in [-0.39, 0.29) is 16.5 Å². The Morgan fingerprint density at radius 3 is 2.80 bits per heavy atom. The molecule has 3 aliphatic rings. The highest BCUT2D eigenvalue weighted by atomic mass is 35.5. The lowest BCUT2D eigenvalue weighted by molar-refractivity contribution is -0.119. The van der Waals surface area contributed by atoms with Crippen LogP contribution in [-0.4, -0.2) is 38.1 Å². The van der Waals surface area contributed by atoms with Crippen LogP contribution in [0.3, 0.4) is 0 Å². The van der Waals surface area contributed by atoms with Crippen molar-refractivity contribution in [3.63, 3.8) is 0 Å². The molecule has 7 heteroatoms. The van der Waals surface area contributed by atoms with E-state index in [1.165, 1.54) is 5.56 Å². The molecular weight excluding hydrogens is 403 g/mol. The van der Waals surface area contributed by atoms with E-state index in [1.807, 2.05) is 23.1 Å². The van der Waals surface area contributed by atoms with Crippen LogP contribution in [0.15, 0.2) is 36.4 Å². The predicted molar refractivity (Wildman–Crippen MR) is 118 cm³/mol. The molecule has 2 aromatic carbocycles. The lowest BCUT2D eigenvalue weighted by atomic mass is 9.84. The quantitative estimate of drug-likeness (QED) is 0.788. The van der Waals surface area contributed by atoms with E-state index < -0.39 is 11.9 Å². The van der Waals surface area contributed by atoms with Gasteiger partial charge in [0, 0.05) is 43.9 Å². The van der Waals surface area contributed by atoms with Crippen LogP contribution in [0.2, 0.25) is 5.02 Å². The second-order valence-corrected chi connectivity index (χ2v) is 8.91. The van der Waals surface area contributed by atoms with E-state index >= 15 is 4.39 Å². The maximum Gasteiger partial charge on any atom is 0.240 e. The lowest BCUT2D eigenvalue weighted by Gasteiger charge is -2.45. The summed E-state index contributed by atoms with van der Waals surface area (Å²) in [7, 11) is 0. The summed E-state index contributed by atoms with van der Waals surface area (Å²) in [6.45, 7) is 3.03. The van der Waals surface area contributed by atoms with Crippen LogP contribution < -0.4 is 20.9 Å². The van der Waals surface area contributed by atoms with Gasteiger partial charge in [0.1, 0.15) is 16.9 Å². The van der Waals surface area contributed by atoms with Gasteiger partial charge < -0.3 is 20.9 Å². The van der Waals surface area contributed by atoms with Gasteiger partial charge in [0.05, 0.1) is 11.2 Å². The fraction of sp³-hybridized carbons (Fsp3) is 0.435. The molecule has 2 aromatic rings. The summed E-state index contributed by atoms with van der Waals surface area (Å²) in [5.74, 6) is -0.819. The molecule has 0 saturated carbocycles. The first kappa shape index (κ1) is 19.6. The molecule has 0 spiro atoms. The molecular formula is C23H26ClFN4O. The number of amides is 1. The normalized spacial score (nSPS) is 25.7. The van der Waals surface area contributed by atoms with Crippen molar-refractivity contribution in [1.82, 2.24) is 5.32 Å². The first-order valence-electron chi connectivity index (χ1n) is 10.6. The number of anilines is 2. The van der Waals surface area contributed by atoms with Crippen LogP contribution in [0.1, 0.15) is 30.4 Å². The molecule has 1 unspecified atom stereocenters. The summed E-state index contributed by atoms with van der Waals surface area (Å²) in [6.07, 6.45) is 3.24. The third-order valence-corrected chi connectivity index (χ3v) is 7.27.